The van der Waals surface area contributed by atoms with Gasteiger partial charge in [0, 0.05) is 6.08 Å². The first-order chi connectivity index (χ1) is 8.05. The first-order valence-electron chi connectivity index (χ1n) is 5.14. The van der Waals surface area contributed by atoms with Crippen molar-refractivity contribution in [3.8, 4) is 0 Å². The largest absolute Gasteiger partial charge is 0.511 e. The zero-order chi connectivity index (χ0) is 15.9. The quantitative estimate of drug-likeness (QED) is 0.481. The van der Waals surface area contributed by atoms with E-state index in [1.807, 2.05) is 0 Å². The number of carbonyl (C=O) groups is 1. The highest BCUT2D eigenvalue weighted by molar-refractivity contribution is 5.95. The molecule has 0 fully saturated rings. The van der Waals surface area contributed by atoms with Gasteiger partial charge in [0.2, 0.25) is 0 Å². The van der Waals surface area contributed by atoms with Gasteiger partial charge in [0.1, 0.15) is 16.6 Å². The molecule has 0 rings (SSSR count). The number of hydrogen-bond acceptors (Lipinski definition) is 2. The monoisotopic (exact) mass is 292 g/mol. The van der Waals surface area contributed by atoms with Crippen LogP contribution in [0.1, 0.15) is 27.7 Å². The summed E-state index contributed by atoms with van der Waals surface area (Å²) in [6, 6.07) is 0. The van der Waals surface area contributed by atoms with Crippen LogP contribution < -0.4 is 0 Å². The Bertz CT molecular complexity index is 387. The van der Waals surface area contributed by atoms with Crippen LogP contribution in [0.15, 0.2) is 11.8 Å². The standard InChI is InChI=1S/C11H14F6O2/c1-8(2,10(12,13)14)6(18)5-7(19)9(3,4)11(15,16)17/h5,18H,1-4H3/b6-5-. The summed E-state index contributed by atoms with van der Waals surface area (Å²) in [5.74, 6) is -3.10. The fourth-order valence-corrected chi connectivity index (χ4v) is 0.770. The number of halogens is 6. The number of carbonyl (C=O) groups excluding carboxylic acids is 1. The molecular formula is C11H14F6O2. The van der Waals surface area contributed by atoms with Crippen molar-refractivity contribution in [3.05, 3.63) is 11.8 Å². The van der Waals surface area contributed by atoms with E-state index in [0.717, 1.165) is 0 Å². The molecule has 0 radical (unpaired) electrons. The molecular weight excluding hydrogens is 278 g/mol. The van der Waals surface area contributed by atoms with Crippen LogP contribution >= 0.6 is 0 Å². The predicted molar refractivity (Wildman–Crippen MR) is 55.4 cm³/mol. The van der Waals surface area contributed by atoms with Crippen LogP contribution in [0.2, 0.25) is 0 Å². The molecule has 0 aromatic heterocycles. The van der Waals surface area contributed by atoms with Gasteiger partial charge in [0.15, 0.2) is 5.78 Å². The van der Waals surface area contributed by atoms with Crippen molar-refractivity contribution < 1.29 is 36.2 Å². The fourth-order valence-electron chi connectivity index (χ4n) is 0.770. The zero-order valence-corrected chi connectivity index (χ0v) is 10.7. The van der Waals surface area contributed by atoms with E-state index >= 15 is 0 Å². The lowest BCUT2D eigenvalue weighted by Crippen LogP contribution is -2.40. The van der Waals surface area contributed by atoms with E-state index in [0.29, 0.717) is 27.7 Å². The normalized spacial score (nSPS) is 15.6. The number of aliphatic hydroxyl groups is 1. The second-order valence-corrected chi connectivity index (χ2v) is 5.14. The molecule has 0 saturated carbocycles. The summed E-state index contributed by atoms with van der Waals surface area (Å²) in [6.45, 7) is 2.18. The Morgan fingerprint density at radius 3 is 1.42 bits per heavy atom. The van der Waals surface area contributed by atoms with Gasteiger partial charge in [0.05, 0.1) is 0 Å². The van der Waals surface area contributed by atoms with Crippen molar-refractivity contribution in [2.75, 3.05) is 0 Å². The van der Waals surface area contributed by atoms with Crippen molar-refractivity contribution in [1.29, 1.82) is 0 Å². The molecule has 0 aliphatic carbocycles. The lowest BCUT2D eigenvalue weighted by atomic mass is 9.83. The maximum Gasteiger partial charge on any atom is 0.401 e. The number of ketones is 1. The summed E-state index contributed by atoms with van der Waals surface area (Å²) in [7, 11) is 0. The molecule has 0 unspecified atom stereocenters. The van der Waals surface area contributed by atoms with E-state index in [1.165, 1.54) is 0 Å². The number of rotatable bonds is 3. The first-order valence-corrected chi connectivity index (χ1v) is 5.14. The topological polar surface area (TPSA) is 37.3 Å². The number of alkyl halides is 6. The minimum atomic E-state index is -4.93. The highest BCUT2D eigenvalue weighted by atomic mass is 19.4. The Kier molecular flexibility index (Phi) is 4.42. The van der Waals surface area contributed by atoms with Crippen molar-refractivity contribution in [2.45, 2.75) is 40.0 Å². The SMILES string of the molecule is CC(C)(C(=O)/C=C(\O)C(C)(C)C(F)(F)F)C(F)(F)F. The molecule has 0 aliphatic heterocycles. The van der Waals surface area contributed by atoms with Gasteiger partial charge >= 0.3 is 12.4 Å². The van der Waals surface area contributed by atoms with E-state index < -0.39 is 34.7 Å². The Morgan fingerprint density at radius 1 is 0.842 bits per heavy atom. The van der Waals surface area contributed by atoms with E-state index in [4.69, 9.17) is 0 Å². The Labute approximate surface area is 106 Å². The molecule has 0 aromatic carbocycles. The van der Waals surface area contributed by atoms with Crippen LogP contribution in [0.4, 0.5) is 26.3 Å². The highest BCUT2D eigenvalue weighted by Gasteiger charge is 2.54. The lowest BCUT2D eigenvalue weighted by molar-refractivity contribution is -0.209. The average Bonchev–Trinajstić information content (AvgIpc) is 2.13. The molecule has 19 heavy (non-hydrogen) atoms. The number of aliphatic hydroxyl groups excluding tert-OH is 1. The minimum Gasteiger partial charge on any atom is -0.511 e. The second kappa shape index (κ2) is 4.72. The molecule has 0 atom stereocenters. The van der Waals surface area contributed by atoms with Crippen LogP contribution in [0.5, 0.6) is 0 Å². The molecule has 0 spiro atoms. The zero-order valence-electron chi connectivity index (χ0n) is 10.7. The van der Waals surface area contributed by atoms with Gasteiger partial charge in [-0.1, -0.05) is 0 Å². The second-order valence-electron chi connectivity index (χ2n) is 5.14. The van der Waals surface area contributed by atoms with Crippen LogP contribution in [0.25, 0.3) is 0 Å². The smallest absolute Gasteiger partial charge is 0.401 e. The molecule has 0 saturated heterocycles. The average molecular weight is 292 g/mol. The summed E-state index contributed by atoms with van der Waals surface area (Å²) < 4.78 is 75.1. The molecule has 0 aliphatic rings. The van der Waals surface area contributed by atoms with Gasteiger partial charge in [-0.2, -0.15) is 26.3 Å². The highest BCUT2D eigenvalue weighted by Crippen LogP contribution is 2.44. The van der Waals surface area contributed by atoms with E-state index in [1.54, 1.807) is 0 Å². The lowest BCUT2D eigenvalue weighted by Gasteiger charge is -2.28. The maximum absolute atomic E-state index is 12.5. The Hall–Kier alpha value is -1.21. The van der Waals surface area contributed by atoms with Crippen LogP contribution in [0, 0.1) is 10.8 Å². The van der Waals surface area contributed by atoms with Crippen molar-refractivity contribution in [1.82, 2.24) is 0 Å². The third kappa shape index (κ3) is 3.42. The predicted octanol–water partition coefficient (Wildman–Crippen LogP) is 4.17. The molecule has 0 bridgehead atoms. The summed E-state index contributed by atoms with van der Waals surface area (Å²) in [5.41, 5.74) is -5.67. The Balaban J connectivity index is 5.46. The van der Waals surface area contributed by atoms with Crippen LogP contribution in [-0.4, -0.2) is 23.2 Å². The summed E-state index contributed by atoms with van der Waals surface area (Å²) >= 11 is 0. The van der Waals surface area contributed by atoms with Crippen molar-refractivity contribution in [3.63, 3.8) is 0 Å². The van der Waals surface area contributed by atoms with Gasteiger partial charge in [-0.25, -0.2) is 0 Å². The van der Waals surface area contributed by atoms with Gasteiger partial charge in [-0.15, -0.1) is 0 Å². The minimum absolute atomic E-state index is 0.0129. The van der Waals surface area contributed by atoms with E-state index in [-0.39, 0.29) is 6.08 Å². The fraction of sp³-hybridized carbons (Fsp3) is 0.727. The van der Waals surface area contributed by atoms with Gasteiger partial charge in [0.25, 0.3) is 0 Å². The van der Waals surface area contributed by atoms with Gasteiger partial charge in [-0.3, -0.25) is 4.79 Å². The van der Waals surface area contributed by atoms with E-state index in [2.05, 4.69) is 0 Å². The Morgan fingerprint density at radius 2 is 1.16 bits per heavy atom. The third-order valence-electron chi connectivity index (χ3n) is 2.94. The van der Waals surface area contributed by atoms with Crippen molar-refractivity contribution in [2.24, 2.45) is 10.8 Å². The number of allylic oxidation sites excluding steroid dienone is 2. The maximum atomic E-state index is 12.5. The third-order valence-corrected chi connectivity index (χ3v) is 2.94. The molecule has 112 valence electrons. The molecule has 0 heterocycles. The summed E-state index contributed by atoms with van der Waals surface area (Å²) in [5, 5.41) is 9.26. The summed E-state index contributed by atoms with van der Waals surface area (Å²) in [6.07, 6.45) is -9.83. The molecule has 0 aromatic rings. The summed E-state index contributed by atoms with van der Waals surface area (Å²) in [4.78, 5) is 11.4. The first kappa shape index (κ1) is 17.8. The van der Waals surface area contributed by atoms with Crippen LogP contribution in [-0.2, 0) is 4.79 Å². The molecule has 2 nitrogen and oxygen atoms in total. The van der Waals surface area contributed by atoms with Crippen LogP contribution in [0.3, 0.4) is 0 Å². The number of hydrogen-bond donors (Lipinski definition) is 1. The molecule has 1 N–H and O–H groups in total. The molecule has 0 amide bonds. The van der Waals surface area contributed by atoms with E-state index in [9.17, 15) is 36.2 Å². The van der Waals surface area contributed by atoms with Gasteiger partial charge < -0.3 is 5.11 Å². The molecule has 8 heteroatoms. The van der Waals surface area contributed by atoms with Crippen molar-refractivity contribution >= 4 is 5.78 Å². The van der Waals surface area contributed by atoms with Gasteiger partial charge in [-0.05, 0) is 27.7 Å².